The van der Waals surface area contributed by atoms with Gasteiger partial charge in [0.05, 0.1) is 17.3 Å². The van der Waals surface area contributed by atoms with Crippen LogP contribution in [0.2, 0.25) is 0 Å². The quantitative estimate of drug-likeness (QED) is 0.260. The lowest BCUT2D eigenvalue weighted by Crippen LogP contribution is -2.35. The van der Waals surface area contributed by atoms with E-state index in [0.29, 0.717) is 11.3 Å². The number of hydrogen-bond acceptors (Lipinski definition) is 5. The van der Waals surface area contributed by atoms with Gasteiger partial charge in [-0.2, -0.15) is 0 Å². The molecule has 0 aliphatic carbocycles. The summed E-state index contributed by atoms with van der Waals surface area (Å²) in [6.45, 7) is 22.8. The number of benzene rings is 1. The van der Waals surface area contributed by atoms with Crippen molar-refractivity contribution in [1.29, 1.82) is 0 Å². The Kier molecular flexibility index (Phi) is 16.2. The van der Waals surface area contributed by atoms with Gasteiger partial charge in [-0.1, -0.05) is 78.3 Å². The van der Waals surface area contributed by atoms with Crippen LogP contribution in [0.1, 0.15) is 120 Å². The van der Waals surface area contributed by atoms with Gasteiger partial charge < -0.3 is 4.90 Å². The first-order valence-corrected chi connectivity index (χ1v) is 15.1. The molecule has 1 aliphatic rings. The Bertz CT molecular complexity index is 1290. The predicted octanol–water partition coefficient (Wildman–Crippen LogP) is 9.37. The molecule has 1 fully saturated rings. The van der Waals surface area contributed by atoms with Crippen molar-refractivity contribution in [2.24, 2.45) is 0 Å². The zero-order valence-corrected chi connectivity index (χ0v) is 27.0. The number of aryl methyl sites for hydroxylation is 1. The van der Waals surface area contributed by atoms with Gasteiger partial charge in [0.25, 0.3) is 0 Å². The molecule has 0 N–H and O–H groups in total. The number of nitrogens with zero attached hydrogens (tertiary/aromatic N) is 5. The third kappa shape index (κ3) is 9.43. The van der Waals surface area contributed by atoms with Crippen molar-refractivity contribution >= 4 is 29.3 Å². The summed E-state index contributed by atoms with van der Waals surface area (Å²) < 4.78 is 30.8. The Labute approximate surface area is 251 Å². The highest BCUT2D eigenvalue weighted by atomic mass is 19.2. The van der Waals surface area contributed by atoms with E-state index < -0.39 is 17.4 Å². The van der Waals surface area contributed by atoms with Gasteiger partial charge in [0.1, 0.15) is 11.5 Å². The van der Waals surface area contributed by atoms with Crippen LogP contribution in [-0.2, 0) is 0 Å². The van der Waals surface area contributed by atoms with Gasteiger partial charge in [0, 0.05) is 24.8 Å². The number of anilines is 1. The molecule has 1 aromatic carbocycles. The zero-order chi connectivity index (χ0) is 31.8. The number of piperidine rings is 1. The highest BCUT2D eigenvalue weighted by Gasteiger charge is 2.25. The minimum Gasteiger partial charge on any atom is -0.356 e. The molecule has 0 saturated carbocycles. The highest BCUT2D eigenvalue weighted by molar-refractivity contribution is 5.95. The van der Waals surface area contributed by atoms with Gasteiger partial charge in [-0.05, 0) is 69.0 Å². The van der Waals surface area contributed by atoms with E-state index in [1.165, 1.54) is 31.9 Å². The molecular weight excluding hydrogens is 532 g/mol. The van der Waals surface area contributed by atoms with Crippen molar-refractivity contribution in [3.8, 4) is 0 Å². The lowest BCUT2D eigenvalue weighted by atomic mass is 10.0. The highest BCUT2D eigenvalue weighted by Crippen LogP contribution is 2.29. The molecule has 42 heavy (non-hydrogen) atoms. The number of carbonyl (C=O) groups excluding carboxylic acids is 1. The van der Waals surface area contributed by atoms with Gasteiger partial charge in [0.2, 0.25) is 0 Å². The lowest BCUT2D eigenvalue weighted by Gasteiger charge is -2.33. The summed E-state index contributed by atoms with van der Waals surface area (Å²) in [5.74, 6) is -1.74. The van der Waals surface area contributed by atoms with E-state index in [9.17, 15) is 13.6 Å². The summed E-state index contributed by atoms with van der Waals surface area (Å²) in [5, 5.41) is 8.63. The van der Waals surface area contributed by atoms with Crippen LogP contribution < -0.4 is 4.90 Å². The maximum absolute atomic E-state index is 14.6. The number of Topliss-reactive ketones (excluding diaryl/α,β-unsaturated/α-hetero) is 1. The van der Waals surface area contributed by atoms with Crippen LogP contribution in [0, 0.1) is 18.6 Å². The Hall–Kier alpha value is -3.68. The number of ketones is 1. The van der Waals surface area contributed by atoms with Crippen LogP contribution in [0.15, 0.2) is 37.0 Å². The van der Waals surface area contributed by atoms with Gasteiger partial charge in [-0.15, -0.1) is 5.10 Å². The molecule has 6 nitrogen and oxygen atoms in total. The molecule has 3 heterocycles. The van der Waals surface area contributed by atoms with Gasteiger partial charge in [-0.25, -0.2) is 18.4 Å². The first kappa shape index (κ1) is 36.3. The fourth-order valence-electron chi connectivity index (χ4n) is 4.28. The Balaban J connectivity index is 0.000000998. The summed E-state index contributed by atoms with van der Waals surface area (Å²) in [5.41, 5.74) is 2.68. The van der Waals surface area contributed by atoms with E-state index in [1.54, 1.807) is 19.1 Å². The Morgan fingerprint density at radius 1 is 0.976 bits per heavy atom. The Morgan fingerprint density at radius 3 is 2.05 bits per heavy atom. The first-order chi connectivity index (χ1) is 20.2. The minimum absolute atomic E-state index is 0.0750. The summed E-state index contributed by atoms with van der Waals surface area (Å²) in [4.78, 5) is 18.3. The first-order valence-electron chi connectivity index (χ1n) is 15.1. The Morgan fingerprint density at radius 2 is 1.55 bits per heavy atom. The SMILES string of the molecule is C=Cc1c(/C=C(\C)c2ccc(C(C)=O)c(F)c2F)nnn1C1CCN(c2ccc(C)cn2)CC1.CC.CC.CCCC. The molecule has 0 radical (unpaired) electrons. The van der Waals surface area contributed by atoms with Crippen LogP contribution in [0.4, 0.5) is 14.6 Å². The van der Waals surface area contributed by atoms with Crippen molar-refractivity contribution in [2.75, 3.05) is 18.0 Å². The van der Waals surface area contributed by atoms with Crippen molar-refractivity contribution in [1.82, 2.24) is 20.0 Å². The average Bonchev–Trinajstić information content (AvgIpc) is 3.43. The summed E-state index contributed by atoms with van der Waals surface area (Å²) in [6, 6.07) is 6.96. The van der Waals surface area contributed by atoms with Crippen molar-refractivity contribution in [3.05, 3.63) is 76.8 Å². The number of carbonyl (C=O) groups is 1. The lowest BCUT2D eigenvalue weighted by molar-refractivity contribution is 0.101. The molecule has 2 aromatic heterocycles. The van der Waals surface area contributed by atoms with E-state index in [0.717, 1.165) is 43.0 Å². The zero-order valence-electron chi connectivity index (χ0n) is 27.0. The number of allylic oxidation sites excluding steroid dienone is 1. The minimum atomic E-state index is -1.14. The van der Waals surface area contributed by atoms with Crippen LogP contribution in [-0.4, -0.2) is 38.9 Å². The van der Waals surface area contributed by atoms with Crippen molar-refractivity contribution in [2.45, 2.75) is 94.0 Å². The second-order valence-corrected chi connectivity index (χ2v) is 9.59. The van der Waals surface area contributed by atoms with Crippen LogP contribution in [0.25, 0.3) is 17.7 Å². The van der Waals surface area contributed by atoms with Gasteiger partial charge in [0.15, 0.2) is 17.4 Å². The normalized spacial score (nSPS) is 13.1. The maximum Gasteiger partial charge on any atom is 0.170 e. The van der Waals surface area contributed by atoms with E-state index in [1.807, 2.05) is 51.6 Å². The average molecular weight is 582 g/mol. The predicted molar refractivity (Wildman–Crippen MR) is 173 cm³/mol. The third-order valence-electron chi connectivity index (χ3n) is 6.72. The van der Waals surface area contributed by atoms with Gasteiger partial charge >= 0.3 is 0 Å². The number of rotatable bonds is 7. The molecule has 0 spiro atoms. The molecule has 8 heteroatoms. The van der Waals surface area contributed by atoms with Crippen LogP contribution >= 0.6 is 0 Å². The molecule has 230 valence electrons. The molecule has 0 amide bonds. The van der Waals surface area contributed by atoms with Crippen molar-refractivity contribution in [3.63, 3.8) is 0 Å². The molecule has 4 rings (SSSR count). The second kappa shape index (κ2) is 18.7. The molecule has 3 aromatic rings. The summed E-state index contributed by atoms with van der Waals surface area (Å²) in [7, 11) is 0. The maximum atomic E-state index is 14.6. The number of pyridine rings is 1. The second-order valence-electron chi connectivity index (χ2n) is 9.59. The number of halogens is 2. The monoisotopic (exact) mass is 581 g/mol. The summed E-state index contributed by atoms with van der Waals surface area (Å²) >= 11 is 0. The molecule has 1 aliphatic heterocycles. The molecular formula is C34H49F2N5O. The topological polar surface area (TPSA) is 63.9 Å². The molecule has 0 atom stereocenters. The van der Waals surface area contributed by atoms with Crippen molar-refractivity contribution < 1.29 is 13.6 Å². The van der Waals surface area contributed by atoms with E-state index >= 15 is 0 Å². The smallest absolute Gasteiger partial charge is 0.170 e. The van der Waals surface area contributed by atoms with Crippen LogP contribution in [0.5, 0.6) is 0 Å². The molecule has 0 unspecified atom stereocenters. The molecule has 1 saturated heterocycles. The standard InChI is InChI=1S/C26H27F2N5O.C4H10.2C2H6/c1-5-23-22(14-17(3)20-7-8-21(18(4)34)26(28)25(20)27)30-31-33(23)19-10-12-32(13-11-19)24-9-6-16(2)15-29-24;1-3-4-2;2*1-2/h5-9,14-15,19H,1,10-13H2,2-4H3;3-4H2,1-2H3;2*1-2H3/b17-14+;;;. The fraction of sp³-hybridized carbons (Fsp3) is 0.471. The fourth-order valence-corrected chi connectivity index (χ4v) is 4.28. The summed E-state index contributed by atoms with van der Waals surface area (Å²) in [6.07, 6.45) is 9.60. The number of hydrogen-bond donors (Lipinski definition) is 0. The van der Waals surface area contributed by atoms with Crippen LogP contribution in [0.3, 0.4) is 0 Å². The van der Waals surface area contributed by atoms with E-state index in [4.69, 9.17) is 0 Å². The van der Waals surface area contributed by atoms with Gasteiger partial charge in [-0.3, -0.25) is 4.79 Å². The third-order valence-corrected chi connectivity index (χ3v) is 6.72. The number of aromatic nitrogens is 4. The van der Waals surface area contributed by atoms with E-state index in [2.05, 4.69) is 46.7 Å². The van der Waals surface area contributed by atoms with E-state index in [-0.39, 0.29) is 17.2 Å². The number of unbranched alkanes of at least 4 members (excludes halogenated alkanes) is 1. The largest absolute Gasteiger partial charge is 0.356 e. The molecule has 0 bridgehead atoms.